The zero-order chi connectivity index (χ0) is 34.6. The second kappa shape index (κ2) is 11.9. The second-order valence-electron chi connectivity index (χ2n) is 16.1. The van der Waals surface area contributed by atoms with Crippen LogP contribution in [0.5, 0.6) is 0 Å². The van der Waals surface area contributed by atoms with Crippen molar-refractivity contribution in [1.29, 1.82) is 0 Å². The molecule has 0 bridgehead atoms. The Morgan fingerprint density at radius 3 is 2.25 bits per heavy atom. The summed E-state index contributed by atoms with van der Waals surface area (Å²) in [6, 6.07) is 3.30. The van der Waals surface area contributed by atoms with Crippen LogP contribution in [0.4, 0.5) is 0 Å². The molecule has 2 aliphatic heterocycles. The van der Waals surface area contributed by atoms with Gasteiger partial charge in [-0.05, 0) is 100 Å². The fourth-order valence-corrected chi connectivity index (χ4v) is 11.0. The van der Waals surface area contributed by atoms with Gasteiger partial charge in [-0.3, -0.25) is 0 Å². The van der Waals surface area contributed by atoms with Crippen molar-refractivity contribution in [3.63, 3.8) is 0 Å². The topological polar surface area (TPSA) is 200 Å². The van der Waals surface area contributed by atoms with Crippen molar-refractivity contribution in [1.82, 2.24) is 0 Å². The molecule has 0 spiro atoms. The second-order valence-corrected chi connectivity index (χ2v) is 16.1. The maximum Gasteiger partial charge on any atom is 0.335 e. The van der Waals surface area contributed by atoms with E-state index in [1.54, 1.807) is 6.26 Å². The minimum Gasteiger partial charge on any atom is -0.431 e. The van der Waals surface area contributed by atoms with Gasteiger partial charge in [-0.1, -0.05) is 25.5 Å². The SMILES string of the molecule is CC1OC(C2(OC3C=C4CCC5C(CCC6(C)C(c7ccc(=O)oc7)CCC56O)C4(C)CC3)OC(C)C(O)C(O)C2O)C(O)C(O)C1O. The highest BCUT2D eigenvalue weighted by molar-refractivity contribution is 5.31. The van der Waals surface area contributed by atoms with Crippen LogP contribution in [0.3, 0.4) is 0 Å². The zero-order valence-electron chi connectivity index (χ0n) is 28.1. The van der Waals surface area contributed by atoms with E-state index in [0.29, 0.717) is 12.8 Å². The van der Waals surface area contributed by atoms with Crippen LogP contribution in [0.25, 0.3) is 0 Å². The van der Waals surface area contributed by atoms with Crippen LogP contribution in [0, 0.1) is 22.7 Å². The van der Waals surface area contributed by atoms with Gasteiger partial charge in [-0.2, -0.15) is 0 Å². The van der Waals surface area contributed by atoms with Crippen molar-refractivity contribution >= 4 is 0 Å². The van der Waals surface area contributed by atoms with Gasteiger partial charge in [-0.25, -0.2) is 4.79 Å². The molecule has 0 aromatic carbocycles. The van der Waals surface area contributed by atoms with Crippen molar-refractivity contribution in [3.05, 3.63) is 46.0 Å². The summed E-state index contributed by atoms with van der Waals surface area (Å²) < 4.78 is 23.9. The molecule has 2 saturated heterocycles. The molecule has 12 nitrogen and oxygen atoms in total. The average Bonchev–Trinajstić information content (AvgIpc) is 3.34. The number of fused-ring (bicyclic) bond motifs is 5. The summed E-state index contributed by atoms with van der Waals surface area (Å²) in [5.74, 6) is -1.76. The number of aliphatic hydroxyl groups excluding tert-OH is 6. The van der Waals surface area contributed by atoms with E-state index in [1.165, 1.54) is 25.5 Å². The Kier molecular flexibility index (Phi) is 8.63. The number of hydrogen-bond donors (Lipinski definition) is 7. The van der Waals surface area contributed by atoms with Gasteiger partial charge < -0.3 is 54.4 Å². The van der Waals surface area contributed by atoms with E-state index in [2.05, 4.69) is 13.8 Å². The third-order valence-corrected chi connectivity index (χ3v) is 13.9. The maximum atomic E-state index is 12.6. The highest BCUT2D eigenvalue weighted by Gasteiger charge is 2.68. The van der Waals surface area contributed by atoms with Gasteiger partial charge in [0, 0.05) is 11.5 Å². The summed E-state index contributed by atoms with van der Waals surface area (Å²) in [5, 5.41) is 77.6. The van der Waals surface area contributed by atoms with Crippen LogP contribution < -0.4 is 5.63 Å². The molecular weight excluding hydrogens is 624 g/mol. The molecule has 5 fully saturated rings. The van der Waals surface area contributed by atoms with Crippen molar-refractivity contribution < 1.29 is 54.4 Å². The lowest BCUT2D eigenvalue weighted by atomic mass is 9.45. The smallest absolute Gasteiger partial charge is 0.335 e. The first-order valence-electron chi connectivity index (χ1n) is 17.7. The first-order valence-corrected chi connectivity index (χ1v) is 17.7. The summed E-state index contributed by atoms with van der Waals surface area (Å²) in [6.07, 6.45) is -4.18. The molecule has 4 aliphatic carbocycles. The Balaban J connectivity index is 1.17. The van der Waals surface area contributed by atoms with Crippen LogP contribution in [0.15, 0.2) is 39.3 Å². The number of ether oxygens (including phenoxy) is 3. The molecule has 0 radical (unpaired) electrons. The molecule has 12 heteroatoms. The summed E-state index contributed by atoms with van der Waals surface area (Å²) in [4.78, 5) is 11.7. The Morgan fingerprint density at radius 1 is 0.812 bits per heavy atom. The van der Waals surface area contributed by atoms with E-state index >= 15 is 0 Å². The zero-order valence-corrected chi connectivity index (χ0v) is 28.1. The normalized spacial score (nSPS) is 53.7. The fraction of sp³-hybridized carbons (Fsp3) is 0.806. The highest BCUT2D eigenvalue weighted by Crippen LogP contribution is 2.70. The largest absolute Gasteiger partial charge is 0.431 e. The fourth-order valence-electron chi connectivity index (χ4n) is 11.0. The average molecular weight is 677 g/mol. The van der Waals surface area contributed by atoms with Crippen molar-refractivity contribution in [2.75, 3.05) is 0 Å². The Hall–Kier alpha value is -1.71. The lowest BCUT2D eigenvalue weighted by Gasteiger charge is -2.62. The van der Waals surface area contributed by atoms with Gasteiger partial charge in [0.25, 0.3) is 0 Å². The number of aliphatic hydroxyl groups is 7. The monoisotopic (exact) mass is 676 g/mol. The van der Waals surface area contributed by atoms with E-state index in [0.717, 1.165) is 44.1 Å². The minimum absolute atomic E-state index is 0.0871. The lowest BCUT2D eigenvalue weighted by Crippen LogP contribution is -2.75. The molecule has 6 aliphatic rings. The molecule has 268 valence electrons. The van der Waals surface area contributed by atoms with Crippen LogP contribution in [0.1, 0.15) is 90.5 Å². The van der Waals surface area contributed by atoms with Crippen LogP contribution in [0.2, 0.25) is 0 Å². The standard InChI is InChI=1S/C36H52O12/c1-17-26(38)28(40)30(42)32(46-17)36(31(43)29(41)27(39)18(2)47-36)48-21-9-12-33(3)20(15-21)6-7-24-23(33)10-13-34(4)22(11-14-35(24,34)44)19-5-8-25(37)45-16-19/h5,8,15-18,21-24,26-32,38-44H,6-7,9-14H2,1-4H3. The first-order chi connectivity index (χ1) is 22.6. The lowest BCUT2D eigenvalue weighted by molar-refractivity contribution is -0.419. The number of rotatable bonds is 4. The first kappa shape index (κ1) is 34.7. The molecule has 3 heterocycles. The molecule has 17 unspecified atom stereocenters. The van der Waals surface area contributed by atoms with Gasteiger partial charge in [0.05, 0.1) is 30.2 Å². The van der Waals surface area contributed by atoms with E-state index in [9.17, 15) is 40.5 Å². The molecule has 7 rings (SSSR count). The third kappa shape index (κ3) is 4.89. The van der Waals surface area contributed by atoms with Crippen molar-refractivity contribution in [2.24, 2.45) is 22.7 Å². The Labute approximate surface area is 280 Å². The summed E-state index contributed by atoms with van der Waals surface area (Å²) in [6.45, 7) is 7.50. The van der Waals surface area contributed by atoms with E-state index < -0.39 is 72.4 Å². The Bertz CT molecular complexity index is 1440. The number of hydrogen-bond acceptors (Lipinski definition) is 12. The Morgan fingerprint density at radius 2 is 1.54 bits per heavy atom. The predicted octanol–water partition coefficient (Wildman–Crippen LogP) is 1.25. The van der Waals surface area contributed by atoms with Gasteiger partial charge >= 0.3 is 5.63 Å². The molecule has 0 amide bonds. The third-order valence-electron chi connectivity index (χ3n) is 13.9. The van der Waals surface area contributed by atoms with Gasteiger partial charge in [-0.15, -0.1) is 0 Å². The van der Waals surface area contributed by atoms with Crippen LogP contribution in [-0.2, 0) is 14.2 Å². The minimum atomic E-state index is -2.17. The van der Waals surface area contributed by atoms with Crippen LogP contribution in [-0.4, -0.2) is 108 Å². The van der Waals surface area contributed by atoms with Gasteiger partial charge in [0.2, 0.25) is 5.79 Å². The molecule has 7 N–H and O–H groups in total. The number of allylic oxidation sites excluding steroid dienone is 1. The maximum absolute atomic E-state index is 12.6. The highest BCUT2D eigenvalue weighted by atomic mass is 16.7. The quantitative estimate of drug-likeness (QED) is 0.226. The van der Waals surface area contributed by atoms with E-state index in [1.807, 2.05) is 12.1 Å². The van der Waals surface area contributed by atoms with Crippen LogP contribution >= 0.6 is 0 Å². The molecule has 1 aromatic heterocycles. The summed E-state index contributed by atoms with van der Waals surface area (Å²) >= 11 is 0. The molecule has 17 atom stereocenters. The van der Waals surface area contributed by atoms with Gasteiger partial charge in [0.1, 0.15) is 42.7 Å². The van der Waals surface area contributed by atoms with E-state index in [-0.39, 0.29) is 34.2 Å². The molecule has 3 saturated carbocycles. The predicted molar refractivity (Wildman–Crippen MR) is 169 cm³/mol. The van der Waals surface area contributed by atoms with Crippen molar-refractivity contribution in [3.8, 4) is 0 Å². The molecular formula is C36H52O12. The summed E-state index contributed by atoms with van der Waals surface area (Å²) in [7, 11) is 0. The van der Waals surface area contributed by atoms with Gasteiger partial charge in [0.15, 0.2) is 0 Å². The summed E-state index contributed by atoms with van der Waals surface area (Å²) in [5.41, 5.74) is 0.331. The van der Waals surface area contributed by atoms with E-state index in [4.69, 9.17) is 18.6 Å². The molecule has 1 aromatic rings. The van der Waals surface area contributed by atoms with Crippen molar-refractivity contribution in [2.45, 2.75) is 157 Å². The molecule has 48 heavy (non-hydrogen) atoms.